The van der Waals surface area contributed by atoms with Crippen molar-refractivity contribution in [2.24, 2.45) is 5.92 Å². The fourth-order valence-corrected chi connectivity index (χ4v) is 3.47. The summed E-state index contributed by atoms with van der Waals surface area (Å²) in [4.78, 5) is 38.5. The van der Waals surface area contributed by atoms with E-state index >= 15 is 0 Å². The maximum atomic E-state index is 12.5. The minimum atomic E-state index is -0.283. The molecule has 29 heavy (non-hydrogen) atoms. The van der Waals surface area contributed by atoms with E-state index in [1.807, 2.05) is 6.07 Å². The Hall–Kier alpha value is -2.57. The summed E-state index contributed by atoms with van der Waals surface area (Å²) in [6, 6.07) is 13.7. The number of amides is 3. The molecule has 1 aliphatic heterocycles. The molecule has 0 saturated carbocycles. The van der Waals surface area contributed by atoms with Crippen molar-refractivity contribution in [2.45, 2.75) is 12.8 Å². The molecule has 1 heterocycles. The lowest BCUT2D eigenvalue weighted by atomic mass is 9.95. The van der Waals surface area contributed by atoms with E-state index in [-0.39, 0.29) is 30.2 Å². The number of halogens is 2. The summed E-state index contributed by atoms with van der Waals surface area (Å²) in [5.74, 6) is -0.729. The molecule has 8 heteroatoms. The lowest BCUT2D eigenvalue weighted by molar-refractivity contribution is -0.133. The second-order valence-electron chi connectivity index (χ2n) is 6.82. The first kappa shape index (κ1) is 21.1. The maximum absolute atomic E-state index is 12.5. The SMILES string of the molecule is O=C(NCC(=O)N1CCC(C(=O)Nc2ccc(Cl)c(Cl)c2)CC1)c1ccccc1. The third-order valence-electron chi connectivity index (χ3n) is 4.84. The average Bonchev–Trinajstić information content (AvgIpc) is 2.75. The van der Waals surface area contributed by atoms with Crippen LogP contribution in [0.5, 0.6) is 0 Å². The Morgan fingerprint density at radius 1 is 0.966 bits per heavy atom. The van der Waals surface area contributed by atoms with Crippen LogP contribution in [-0.2, 0) is 9.59 Å². The van der Waals surface area contributed by atoms with Crippen LogP contribution in [0, 0.1) is 5.92 Å². The van der Waals surface area contributed by atoms with Crippen molar-refractivity contribution >= 4 is 46.6 Å². The summed E-state index contributed by atoms with van der Waals surface area (Å²) in [6.07, 6.45) is 1.12. The third kappa shape index (κ3) is 5.71. The van der Waals surface area contributed by atoms with E-state index in [1.165, 1.54) is 0 Å². The van der Waals surface area contributed by atoms with Crippen molar-refractivity contribution in [1.82, 2.24) is 10.2 Å². The molecule has 3 rings (SSSR count). The maximum Gasteiger partial charge on any atom is 0.251 e. The van der Waals surface area contributed by atoms with Gasteiger partial charge in [0.05, 0.1) is 16.6 Å². The molecule has 152 valence electrons. The number of likely N-dealkylation sites (tertiary alicyclic amines) is 1. The van der Waals surface area contributed by atoms with Gasteiger partial charge in [0.15, 0.2) is 0 Å². The molecule has 1 fully saturated rings. The Balaban J connectivity index is 1.44. The summed E-state index contributed by atoms with van der Waals surface area (Å²) >= 11 is 11.9. The number of hydrogen-bond donors (Lipinski definition) is 2. The van der Waals surface area contributed by atoms with Gasteiger partial charge in [0.2, 0.25) is 11.8 Å². The van der Waals surface area contributed by atoms with E-state index in [0.717, 1.165) is 0 Å². The molecule has 1 saturated heterocycles. The summed E-state index contributed by atoms with van der Waals surface area (Å²) in [5.41, 5.74) is 1.10. The van der Waals surface area contributed by atoms with E-state index in [1.54, 1.807) is 47.4 Å². The zero-order chi connectivity index (χ0) is 20.8. The molecule has 6 nitrogen and oxygen atoms in total. The second-order valence-corrected chi connectivity index (χ2v) is 7.64. The number of carbonyl (C=O) groups is 3. The number of benzene rings is 2. The van der Waals surface area contributed by atoms with Gasteiger partial charge in [0.25, 0.3) is 5.91 Å². The Morgan fingerprint density at radius 3 is 2.31 bits per heavy atom. The molecule has 0 radical (unpaired) electrons. The normalized spacial score (nSPS) is 14.3. The smallest absolute Gasteiger partial charge is 0.251 e. The number of hydrogen-bond acceptors (Lipinski definition) is 3. The predicted molar refractivity (Wildman–Crippen MR) is 113 cm³/mol. The molecular formula is C21H21Cl2N3O3. The first-order chi connectivity index (χ1) is 13.9. The summed E-state index contributed by atoms with van der Waals surface area (Å²) in [7, 11) is 0. The predicted octanol–water partition coefficient (Wildman–Crippen LogP) is 3.60. The van der Waals surface area contributed by atoms with E-state index in [4.69, 9.17) is 23.2 Å². The van der Waals surface area contributed by atoms with Crippen LogP contribution in [0.4, 0.5) is 5.69 Å². The number of rotatable bonds is 5. The molecule has 0 bridgehead atoms. The van der Waals surface area contributed by atoms with Gasteiger partial charge in [-0.2, -0.15) is 0 Å². The van der Waals surface area contributed by atoms with Gasteiger partial charge in [-0.3, -0.25) is 14.4 Å². The Morgan fingerprint density at radius 2 is 1.66 bits per heavy atom. The highest BCUT2D eigenvalue weighted by Crippen LogP contribution is 2.26. The number of piperidine rings is 1. The van der Waals surface area contributed by atoms with Crippen LogP contribution < -0.4 is 10.6 Å². The molecule has 0 unspecified atom stereocenters. The van der Waals surface area contributed by atoms with Gasteiger partial charge in [0, 0.05) is 30.3 Å². The van der Waals surface area contributed by atoms with Crippen LogP contribution in [0.25, 0.3) is 0 Å². The lowest BCUT2D eigenvalue weighted by Gasteiger charge is -2.31. The largest absolute Gasteiger partial charge is 0.343 e. The van der Waals surface area contributed by atoms with E-state index in [0.29, 0.717) is 47.2 Å². The highest BCUT2D eigenvalue weighted by molar-refractivity contribution is 6.42. The third-order valence-corrected chi connectivity index (χ3v) is 5.58. The van der Waals surface area contributed by atoms with Crippen LogP contribution in [0.1, 0.15) is 23.2 Å². The highest BCUT2D eigenvalue weighted by Gasteiger charge is 2.27. The number of nitrogens with one attached hydrogen (secondary N) is 2. The molecule has 2 aromatic carbocycles. The number of carbonyl (C=O) groups excluding carboxylic acids is 3. The number of nitrogens with zero attached hydrogens (tertiary/aromatic N) is 1. The molecule has 0 aromatic heterocycles. The van der Waals surface area contributed by atoms with Crippen molar-refractivity contribution in [3.63, 3.8) is 0 Å². The van der Waals surface area contributed by atoms with Gasteiger partial charge in [-0.15, -0.1) is 0 Å². The van der Waals surface area contributed by atoms with Crippen LogP contribution in [0.2, 0.25) is 10.0 Å². The topological polar surface area (TPSA) is 78.5 Å². The summed E-state index contributed by atoms with van der Waals surface area (Å²) < 4.78 is 0. The standard InChI is InChI=1S/C21H21Cl2N3O3/c22-17-7-6-16(12-18(17)23)25-21(29)15-8-10-26(11-9-15)19(27)13-24-20(28)14-4-2-1-3-5-14/h1-7,12,15H,8-11,13H2,(H,24,28)(H,25,29). The van der Waals surface area contributed by atoms with Gasteiger partial charge in [-0.25, -0.2) is 0 Å². The van der Waals surface area contributed by atoms with Gasteiger partial charge in [0.1, 0.15) is 0 Å². The fraction of sp³-hybridized carbons (Fsp3) is 0.286. The summed E-state index contributed by atoms with van der Waals surface area (Å²) in [6.45, 7) is 0.882. The molecule has 2 N–H and O–H groups in total. The number of anilines is 1. The lowest BCUT2D eigenvalue weighted by Crippen LogP contribution is -2.45. The van der Waals surface area contributed by atoms with Crippen molar-refractivity contribution < 1.29 is 14.4 Å². The quantitative estimate of drug-likeness (QED) is 0.755. The van der Waals surface area contributed by atoms with Crippen molar-refractivity contribution in [2.75, 3.05) is 25.0 Å². The van der Waals surface area contributed by atoms with E-state index < -0.39 is 0 Å². The molecule has 3 amide bonds. The van der Waals surface area contributed by atoms with E-state index in [9.17, 15) is 14.4 Å². The zero-order valence-corrected chi connectivity index (χ0v) is 17.2. The van der Waals surface area contributed by atoms with Gasteiger partial charge >= 0.3 is 0 Å². The molecule has 0 atom stereocenters. The first-order valence-corrected chi connectivity index (χ1v) is 10.1. The van der Waals surface area contributed by atoms with Gasteiger partial charge in [-0.1, -0.05) is 41.4 Å². The summed E-state index contributed by atoms with van der Waals surface area (Å²) in [5, 5.41) is 6.28. The molecule has 0 aliphatic carbocycles. The van der Waals surface area contributed by atoms with Crippen LogP contribution >= 0.6 is 23.2 Å². The first-order valence-electron chi connectivity index (χ1n) is 9.31. The van der Waals surface area contributed by atoms with Crippen molar-refractivity contribution in [3.05, 3.63) is 64.1 Å². The fourth-order valence-electron chi connectivity index (χ4n) is 3.17. The van der Waals surface area contributed by atoms with E-state index in [2.05, 4.69) is 10.6 Å². The van der Waals surface area contributed by atoms with Gasteiger partial charge < -0.3 is 15.5 Å². The average molecular weight is 434 g/mol. The Labute approximate surface area is 179 Å². The van der Waals surface area contributed by atoms with Gasteiger partial charge in [-0.05, 0) is 43.2 Å². The Kier molecular flexibility index (Phi) is 7.12. The molecule has 1 aliphatic rings. The Bertz CT molecular complexity index is 897. The van der Waals surface area contributed by atoms with Crippen LogP contribution in [0.15, 0.2) is 48.5 Å². The van der Waals surface area contributed by atoms with Crippen LogP contribution in [0.3, 0.4) is 0 Å². The monoisotopic (exact) mass is 433 g/mol. The second kappa shape index (κ2) is 9.76. The van der Waals surface area contributed by atoms with Crippen molar-refractivity contribution in [1.29, 1.82) is 0 Å². The minimum Gasteiger partial charge on any atom is -0.343 e. The molecular weight excluding hydrogens is 413 g/mol. The molecule has 0 spiro atoms. The van der Waals surface area contributed by atoms with Crippen molar-refractivity contribution in [3.8, 4) is 0 Å². The van der Waals surface area contributed by atoms with Crippen LogP contribution in [-0.4, -0.2) is 42.3 Å². The minimum absolute atomic E-state index is 0.0616. The molecule has 2 aromatic rings. The highest BCUT2D eigenvalue weighted by atomic mass is 35.5. The zero-order valence-electron chi connectivity index (χ0n) is 15.7.